The molecule has 0 spiro atoms. The summed E-state index contributed by atoms with van der Waals surface area (Å²) < 4.78 is 5.87. The molecule has 2 heterocycles. The van der Waals surface area contributed by atoms with Gasteiger partial charge in [-0.25, -0.2) is 0 Å². The molecule has 1 fully saturated rings. The maximum atomic E-state index is 11.7. The Bertz CT molecular complexity index is 446. The van der Waals surface area contributed by atoms with Gasteiger partial charge in [-0.1, -0.05) is 6.92 Å². The number of carbonyl (C=O) groups excluding carboxylic acids is 1. The minimum Gasteiger partial charge on any atom is -0.450 e. The summed E-state index contributed by atoms with van der Waals surface area (Å²) in [7, 11) is 0. The van der Waals surface area contributed by atoms with Crippen molar-refractivity contribution in [3.63, 3.8) is 0 Å². The largest absolute Gasteiger partial charge is 0.450 e. The summed E-state index contributed by atoms with van der Waals surface area (Å²) in [6, 6.07) is 3.54. The molecule has 2 rings (SSSR count). The lowest BCUT2D eigenvalue weighted by atomic mass is 9.91. The lowest BCUT2D eigenvalue weighted by Gasteiger charge is -2.45. The van der Waals surface area contributed by atoms with Crippen LogP contribution in [-0.4, -0.2) is 34.6 Å². The Balaban J connectivity index is 1.89. The molecular weight excluding hydrogens is 286 g/mol. The van der Waals surface area contributed by atoms with E-state index in [-0.39, 0.29) is 5.91 Å². The summed E-state index contributed by atoms with van der Waals surface area (Å²) >= 11 is 3.19. The van der Waals surface area contributed by atoms with E-state index in [4.69, 9.17) is 4.42 Å². The summed E-state index contributed by atoms with van der Waals surface area (Å²) in [5, 5.41) is 9.78. The van der Waals surface area contributed by atoms with Crippen molar-refractivity contribution >= 4 is 27.9 Å². The number of nitrogens with zero attached hydrogens (tertiary/aromatic N) is 1. The molecule has 1 aromatic heterocycles. The van der Waals surface area contributed by atoms with E-state index >= 15 is 0 Å². The van der Waals surface area contributed by atoms with Crippen LogP contribution in [0.5, 0.6) is 0 Å². The number of hydrogen-bond donors (Lipinski definition) is 1. The fourth-order valence-corrected chi connectivity index (χ4v) is 2.04. The van der Waals surface area contributed by atoms with E-state index in [1.165, 1.54) is 6.08 Å². The number of aliphatic hydroxyl groups is 1. The standard InChI is InChI=1S/C12H14BrNO3/c1-2-12(16)7-14(8-12)11(15)6-4-9-3-5-10(13)17-9/h3-6,16H,2,7-8H2,1H3. The van der Waals surface area contributed by atoms with Gasteiger partial charge in [0.05, 0.1) is 18.7 Å². The lowest BCUT2D eigenvalue weighted by molar-refractivity contribution is -0.150. The van der Waals surface area contributed by atoms with Crippen molar-refractivity contribution < 1.29 is 14.3 Å². The number of β-amino-alcohol motifs (C(OH)–C–C–N with tert-alkyl or cyclic N) is 1. The average Bonchev–Trinajstić information content (AvgIpc) is 2.67. The topological polar surface area (TPSA) is 53.7 Å². The van der Waals surface area contributed by atoms with E-state index in [1.54, 1.807) is 23.1 Å². The van der Waals surface area contributed by atoms with Crippen LogP contribution in [0.3, 0.4) is 0 Å². The Morgan fingerprint density at radius 1 is 1.65 bits per heavy atom. The van der Waals surface area contributed by atoms with Gasteiger partial charge in [-0.05, 0) is 40.6 Å². The third-order valence-corrected chi connectivity index (χ3v) is 3.35. The minimum absolute atomic E-state index is 0.101. The van der Waals surface area contributed by atoms with E-state index in [1.807, 2.05) is 6.92 Å². The van der Waals surface area contributed by atoms with E-state index in [0.29, 0.717) is 29.9 Å². The summed E-state index contributed by atoms with van der Waals surface area (Å²) in [5.74, 6) is 0.521. The van der Waals surface area contributed by atoms with Gasteiger partial charge < -0.3 is 14.4 Å². The van der Waals surface area contributed by atoms with Crippen LogP contribution in [0.15, 0.2) is 27.3 Å². The predicted molar refractivity (Wildman–Crippen MR) is 67.3 cm³/mol. The van der Waals surface area contributed by atoms with Crippen LogP contribution in [0.2, 0.25) is 0 Å². The first-order valence-electron chi connectivity index (χ1n) is 5.47. The van der Waals surface area contributed by atoms with Gasteiger partial charge in [0.25, 0.3) is 0 Å². The van der Waals surface area contributed by atoms with Crippen LogP contribution in [0, 0.1) is 0 Å². The quantitative estimate of drug-likeness (QED) is 0.869. The molecule has 0 atom stereocenters. The molecule has 1 amide bonds. The van der Waals surface area contributed by atoms with Gasteiger partial charge >= 0.3 is 0 Å². The lowest BCUT2D eigenvalue weighted by Crippen LogP contribution is -2.62. The molecule has 0 aromatic carbocycles. The van der Waals surface area contributed by atoms with Crippen molar-refractivity contribution in [3.8, 4) is 0 Å². The van der Waals surface area contributed by atoms with E-state index < -0.39 is 5.60 Å². The van der Waals surface area contributed by atoms with Crippen LogP contribution < -0.4 is 0 Å². The van der Waals surface area contributed by atoms with Gasteiger partial charge in [-0.15, -0.1) is 0 Å². The number of furan rings is 1. The van der Waals surface area contributed by atoms with Gasteiger partial charge in [0.2, 0.25) is 5.91 Å². The smallest absolute Gasteiger partial charge is 0.246 e. The van der Waals surface area contributed by atoms with Crippen molar-refractivity contribution in [3.05, 3.63) is 28.6 Å². The van der Waals surface area contributed by atoms with Crippen LogP contribution in [0.4, 0.5) is 0 Å². The first kappa shape index (κ1) is 12.4. The molecule has 1 saturated heterocycles. The number of halogens is 1. The fraction of sp³-hybridized carbons (Fsp3) is 0.417. The highest BCUT2D eigenvalue weighted by Crippen LogP contribution is 2.24. The Labute approximate surface area is 108 Å². The first-order chi connectivity index (χ1) is 8.02. The van der Waals surface area contributed by atoms with Gasteiger partial charge in [0.15, 0.2) is 4.67 Å². The van der Waals surface area contributed by atoms with Crippen molar-refractivity contribution in [1.82, 2.24) is 4.90 Å². The van der Waals surface area contributed by atoms with E-state index in [0.717, 1.165) is 0 Å². The highest BCUT2D eigenvalue weighted by Gasteiger charge is 2.41. The second-order valence-electron chi connectivity index (χ2n) is 4.25. The van der Waals surface area contributed by atoms with Crippen LogP contribution in [0.1, 0.15) is 19.1 Å². The molecule has 92 valence electrons. The monoisotopic (exact) mass is 299 g/mol. The molecule has 17 heavy (non-hydrogen) atoms. The Kier molecular flexibility index (Phi) is 3.40. The van der Waals surface area contributed by atoms with Crippen molar-refractivity contribution in [2.75, 3.05) is 13.1 Å². The number of hydrogen-bond acceptors (Lipinski definition) is 3. The van der Waals surface area contributed by atoms with Crippen LogP contribution in [-0.2, 0) is 4.79 Å². The second-order valence-corrected chi connectivity index (χ2v) is 5.03. The molecule has 0 bridgehead atoms. The summed E-state index contributed by atoms with van der Waals surface area (Å²) in [5.41, 5.74) is -0.683. The van der Waals surface area contributed by atoms with E-state index in [9.17, 15) is 9.90 Å². The van der Waals surface area contributed by atoms with Crippen LogP contribution >= 0.6 is 15.9 Å². The number of amides is 1. The molecule has 1 aliphatic heterocycles. The number of carbonyl (C=O) groups is 1. The summed E-state index contributed by atoms with van der Waals surface area (Å²) in [6.45, 7) is 2.74. The summed E-state index contributed by atoms with van der Waals surface area (Å²) in [6.07, 6.45) is 3.75. The normalized spacial score (nSPS) is 18.4. The summed E-state index contributed by atoms with van der Waals surface area (Å²) in [4.78, 5) is 13.3. The predicted octanol–water partition coefficient (Wildman–Crippen LogP) is 2.04. The molecule has 5 heteroatoms. The average molecular weight is 300 g/mol. The SMILES string of the molecule is CCC1(O)CN(C(=O)C=Cc2ccc(Br)o2)C1. The van der Waals surface area contributed by atoms with Gasteiger partial charge in [0.1, 0.15) is 5.76 Å². The molecule has 1 aromatic rings. The molecule has 1 N–H and O–H groups in total. The number of rotatable bonds is 3. The zero-order chi connectivity index (χ0) is 12.5. The van der Waals surface area contributed by atoms with Crippen molar-refractivity contribution in [2.24, 2.45) is 0 Å². The Morgan fingerprint density at radius 3 is 2.88 bits per heavy atom. The van der Waals surface area contributed by atoms with Crippen molar-refractivity contribution in [2.45, 2.75) is 18.9 Å². The molecule has 4 nitrogen and oxygen atoms in total. The first-order valence-corrected chi connectivity index (χ1v) is 6.26. The second kappa shape index (κ2) is 4.66. The maximum absolute atomic E-state index is 11.7. The Morgan fingerprint density at radius 2 is 2.35 bits per heavy atom. The molecule has 1 aliphatic rings. The van der Waals surface area contributed by atoms with Gasteiger partial charge in [0, 0.05) is 6.08 Å². The van der Waals surface area contributed by atoms with Crippen LogP contribution in [0.25, 0.3) is 6.08 Å². The molecule has 0 saturated carbocycles. The molecule has 0 aliphatic carbocycles. The maximum Gasteiger partial charge on any atom is 0.246 e. The molecule has 0 unspecified atom stereocenters. The third kappa shape index (κ3) is 2.79. The zero-order valence-corrected chi connectivity index (χ0v) is 11.1. The zero-order valence-electron chi connectivity index (χ0n) is 9.52. The molecule has 0 radical (unpaired) electrons. The highest BCUT2D eigenvalue weighted by molar-refractivity contribution is 9.10. The van der Waals surface area contributed by atoms with Gasteiger partial charge in [-0.2, -0.15) is 0 Å². The highest BCUT2D eigenvalue weighted by atomic mass is 79.9. The third-order valence-electron chi connectivity index (χ3n) is 2.92. The molecular formula is C12H14BrNO3. The number of likely N-dealkylation sites (tertiary alicyclic amines) is 1. The fourth-order valence-electron chi connectivity index (χ4n) is 1.72. The minimum atomic E-state index is -0.683. The Hall–Kier alpha value is -1.07. The van der Waals surface area contributed by atoms with Crippen molar-refractivity contribution in [1.29, 1.82) is 0 Å². The van der Waals surface area contributed by atoms with Gasteiger partial charge in [-0.3, -0.25) is 4.79 Å². The van der Waals surface area contributed by atoms with E-state index in [2.05, 4.69) is 15.9 Å².